The number of carbonyl (C=O) groups is 2. The molecule has 0 saturated heterocycles. The molecule has 1 atom stereocenters. The molecular weight excluding hydrogens is 410 g/mol. The monoisotopic (exact) mass is 441 g/mol. The van der Waals surface area contributed by atoms with Crippen molar-refractivity contribution in [1.29, 1.82) is 0 Å². The number of hydrogen-bond donors (Lipinski definition) is 1. The lowest BCUT2D eigenvalue weighted by Gasteiger charge is -2.37. The number of nitrogens with one attached hydrogen (secondary N) is 1. The molecule has 0 saturated carbocycles. The van der Waals surface area contributed by atoms with Crippen molar-refractivity contribution >= 4 is 23.3 Å². The summed E-state index contributed by atoms with van der Waals surface area (Å²) in [5, 5.41) is 4.93. The first-order valence-corrected chi connectivity index (χ1v) is 11.5. The van der Waals surface area contributed by atoms with E-state index in [0.717, 1.165) is 23.3 Å². The third-order valence-corrected chi connectivity index (χ3v) is 6.28. The number of benzene rings is 1. The first kappa shape index (κ1) is 22.9. The van der Waals surface area contributed by atoms with Crippen molar-refractivity contribution in [3.63, 3.8) is 0 Å². The highest BCUT2D eigenvalue weighted by atomic mass is 32.1. The average Bonchev–Trinajstić information content (AvgIpc) is 3.21. The van der Waals surface area contributed by atoms with Gasteiger partial charge in [0.15, 0.2) is 0 Å². The molecule has 0 fully saturated rings. The third-order valence-electron chi connectivity index (χ3n) is 5.28. The predicted molar refractivity (Wildman–Crippen MR) is 125 cm³/mol. The molecule has 0 radical (unpaired) electrons. The minimum atomic E-state index is -0.260. The molecule has 0 unspecified atom stereocenters. The zero-order valence-electron chi connectivity index (χ0n) is 18.5. The minimum Gasteiger partial charge on any atom is -0.491 e. The zero-order valence-corrected chi connectivity index (χ0v) is 19.3. The fraction of sp³-hybridized carbons (Fsp3) is 0.417. The number of urea groups is 1. The average molecular weight is 442 g/mol. The van der Waals surface area contributed by atoms with Gasteiger partial charge in [0.05, 0.1) is 6.04 Å². The Bertz CT molecular complexity index is 924. The molecule has 7 heteroatoms. The van der Waals surface area contributed by atoms with Crippen LogP contribution in [-0.4, -0.2) is 54.0 Å². The number of nitrogens with zero attached hydrogens (tertiary/aromatic N) is 2. The molecule has 0 aliphatic carbocycles. The Balaban J connectivity index is 1.77. The SMILES string of the molecule is C=CCN(CC(=O)N1CCc2sccc2[C@H]1COc1ccccc1C)C(=O)NC(C)C. The number of fused-ring (bicyclic) bond motifs is 1. The second-order valence-corrected chi connectivity index (χ2v) is 9.00. The van der Waals surface area contributed by atoms with Crippen molar-refractivity contribution in [2.24, 2.45) is 0 Å². The van der Waals surface area contributed by atoms with Gasteiger partial charge in [0.1, 0.15) is 18.9 Å². The van der Waals surface area contributed by atoms with Gasteiger partial charge in [-0.1, -0.05) is 24.3 Å². The summed E-state index contributed by atoms with van der Waals surface area (Å²) in [7, 11) is 0. The topological polar surface area (TPSA) is 61.9 Å². The van der Waals surface area contributed by atoms with Crippen LogP contribution in [0.5, 0.6) is 5.75 Å². The van der Waals surface area contributed by atoms with E-state index in [0.29, 0.717) is 19.7 Å². The fourth-order valence-electron chi connectivity index (χ4n) is 3.73. The van der Waals surface area contributed by atoms with Gasteiger partial charge in [0, 0.05) is 24.0 Å². The van der Waals surface area contributed by atoms with E-state index in [4.69, 9.17) is 4.74 Å². The largest absolute Gasteiger partial charge is 0.491 e. The van der Waals surface area contributed by atoms with Crippen LogP contribution in [0.1, 0.15) is 35.9 Å². The van der Waals surface area contributed by atoms with E-state index in [1.165, 1.54) is 9.78 Å². The fourth-order valence-corrected chi connectivity index (χ4v) is 4.66. The number of thiophene rings is 1. The summed E-state index contributed by atoms with van der Waals surface area (Å²) < 4.78 is 6.14. The van der Waals surface area contributed by atoms with Crippen molar-refractivity contribution < 1.29 is 14.3 Å². The smallest absolute Gasteiger partial charge is 0.318 e. The van der Waals surface area contributed by atoms with Gasteiger partial charge in [0.25, 0.3) is 0 Å². The van der Waals surface area contributed by atoms with Crippen LogP contribution in [0, 0.1) is 6.92 Å². The molecule has 0 bridgehead atoms. The highest BCUT2D eigenvalue weighted by Crippen LogP contribution is 2.34. The van der Waals surface area contributed by atoms with Gasteiger partial charge in [0.2, 0.25) is 5.91 Å². The molecule has 2 heterocycles. The van der Waals surface area contributed by atoms with Crippen LogP contribution in [0.4, 0.5) is 4.79 Å². The van der Waals surface area contributed by atoms with Crippen LogP contribution in [0.2, 0.25) is 0 Å². The van der Waals surface area contributed by atoms with E-state index < -0.39 is 0 Å². The molecule has 2 aromatic rings. The zero-order chi connectivity index (χ0) is 22.4. The Hall–Kier alpha value is -2.80. The highest BCUT2D eigenvalue weighted by molar-refractivity contribution is 7.10. The Kier molecular flexibility index (Phi) is 7.74. The first-order valence-electron chi connectivity index (χ1n) is 10.6. The van der Waals surface area contributed by atoms with Crippen molar-refractivity contribution in [2.45, 2.75) is 39.3 Å². The number of para-hydroxylation sites is 1. The molecule has 6 nitrogen and oxygen atoms in total. The van der Waals surface area contributed by atoms with Crippen molar-refractivity contribution in [3.8, 4) is 5.75 Å². The molecular formula is C24H31N3O3S. The summed E-state index contributed by atoms with van der Waals surface area (Å²) in [6, 6.07) is 9.52. The quantitative estimate of drug-likeness (QED) is 0.626. The third kappa shape index (κ3) is 5.67. The van der Waals surface area contributed by atoms with E-state index in [2.05, 4.69) is 23.3 Å². The molecule has 1 aliphatic heterocycles. The van der Waals surface area contributed by atoms with Gasteiger partial charge in [-0.2, -0.15) is 0 Å². The van der Waals surface area contributed by atoms with E-state index in [1.54, 1.807) is 17.4 Å². The van der Waals surface area contributed by atoms with E-state index in [-0.39, 0.29) is 30.6 Å². The van der Waals surface area contributed by atoms with Crippen LogP contribution in [0.15, 0.2) is 48.4 Å². The molecule has 1 aromatic carbocycles. The molecule has 1 aliphatic rings. The van der Waals surface area contributed by atoms with Gasteiger partial charge < -0.3 is 19.9 Å². The Labute approximate surface area is 188 Å². The highest BCUT2D eigenvalue weighted by Gasteiger charge is 2.33. The lowest BCUT2D eigenvalue weighted by molar-refractivity contribution is -0.135. The molecule has 0 spiro atoms. The maximum absolute atomic E-state index is 13.3. The lowest BCUT2D eigenvalue weighted by atomic mass is 10.0. The second-order valence-electron chi connectivity index (χ2n) is 8.00. The summed E-state index contributed by atoms with van der Waals surface area (Å²) in [4.78, 5) is 30.5. The van der Waals surface area contributed by atoms with Gasteiger partial charge >= 0.3 is 6.03 Å². The molecule has 1 aromatic heterocycles. The number of hydrogen-bond acceptors (Lipinski definition) is 4. The summed E-state index contributed by atoms with van der Waals surface area (Å²) in [6.45, 7) is 10.8. The van der Waals surface area contributed by atoms with Crippen LogP contribution in [-0.2, 0) is 11.2 Å². The maximum atomic E-state index is 13.3. The maximum Gasteiger partial charge on any atom is 0.318 e. The van der Waals surface area contributed by atoms with E-state index in [1.807, 2.05) is 49.9 Å². The van der Waals surface area contributed by atoms with Gasteiger partial charge in [-0.15, -0.1) is 17.9 Å². The normalized spacial score (nSPS) is 15.4. The van der Waals surface area contributed by atoms with E-state index >= 15 is 0 Å². The van der Waals surface area contributed by atoms with E-state index in [9.17, 15) is 9.59 Å². The van der Waals surface area contributed by atoms with Gasteiger partial charge in [-0.05, 0) is 55.8 Å². The lowest BCUT2D eigenvalue weighted by Crippen LogP contribution is -2.50. The van der Waals surface area contributed by atoms with Crippen LogP contribution >= 0.6 is 11.3 Å². The number of ether oxygens (including phenoxy) is 1. The molecule has 31 heavy (non-hydrogen) atoms. The van der Waals surface area contributed by atoms with Crippen molar-refractivity contribution in [1.82, 2.24) is 15.1 Å². The number of carbonyl (C=O) groups excluding carboxylic acids is 2. The summed E-state index contributed by atoms with van der Waals surface area (Å²) in [5.41, 5.74) is 2.20. The number of amides is 3. The number of rotatable bonds is 8. The number of aryl methyl sites for hydroxylation is 1. The standard InChI is InChI=1S/C24H31N3O3S/c1-5-12-26(24(29)25-17(2)3)15-23(28)27-13-10-22-19(11-14-31-22)20(27)16-30-21-9-7-6-8-18(21)4/h5-9,11,14,17,20H,1,10,12-13,15-16H2,2-4H3,(H,25,29)/t20-/m1/s1. The Morgan fingerprint density at radius 1 is 1.35 bits per heavy atom. The van der Waals surface area contributed by atoms with Crippen molar-refractivity contribution in [3.05, 3.63) is 64.4 Å². The van der Waals surface area contributed by atoms with Crippen LogP contribution in [0.25, 0.3) is 0 Å². The summed E-state index contributed by atoms with van der Waals surface area (Å²) in [6.07, 6.45) is 2.46. The second kappa shape index (κ2) is 10.5. The Morgan fingerprint density at radius 2 is 2.13 bits per heavy atom. The molecule has 3 rings (SSSR count). The molecule has 3 amide bonds. The van der Waals surface area contributed by atoms with Gasteiger partial charge in [-0.3, -0.25) is 4.79 Å². The minimum absolute atomic E-state index is 0.00487. The summed E-state index contributed by atoms with van der Waals surface area (Å²) >= 11 is 1.72. The first-order chi connectivity index (χ1) is 14.9. The molecule has 1 N–H and O–H groups in total. The van der Waals surface area contributed by atoms with Gasteiger partial charge in [-0.25, -0.2) is 4.79 Å². The van der Waals surface area contributed by atoms with Crippen LogP contribution < -0.4 is 10.1 Å². The Morgan fingerprint density at radius 3 is 2.84 bits per heavy atom. The van der Waals surface area contributed by atoms with Crippen molar-refractivity contribution in [2.75, 3.05) is 26.2 Å². The van der Waals surface area contributed by atoms with Crippen LogP contribution in [0.3, 0.4) is 0 Å². The summed E-state index contributed by atoms with van der Waals surface area (Å²) in [5.74, 6) is 0.734. The molecule has 166 valence electrons. The predicted octanol–water partition coefficient (Wildman–Crippen LogP) is 4.17.